The van der Waals surface area contributed by atoms with Crippen LogP contribution in [0.5, 0.6) is 5.75 Å². The second-order valence-electron chi connectivity index (χ2n) is 5.08. The molecular weight excluding hydrogens is 245 g/mol. The molecule has 0 saturated heterocycles. The molecule has 98 valence electrons. The fourth-order valence-electron chi connectivity index (χ4n) is 1.76. The summed E-state index contributed by atoms with van der Waals surface area (Å²) in [6, 6.07) is 4.14. The van der Waals surface area contributed by atoms with Crippen molar-refractivity contribution < 1.29 is 17.9 Å². The van der Waals surface area contributed by atoms with Gasteiger partial charge in [0.05, 0.1) is 11.2 Å². The lowest BCUT2D eigenvalue weighted by Crippen LogP contribution is -2.17. The van der Waals surface area contributed by atoms with E-state index in [1.165, 1.54) is 18.2 Å². The quantitative estimate of drug-likeness (QED) is 0.845. The molecule has 1 N–H and O–H groups in total. The van der Waals surface area contributed by atoms with Crippen molar-refractivity contribution in [2.24, 2.45) is 0 Å². The highest BCUT2D eigenvalue weighted by Gasteiger charge is 2.31. The molecule has 6 heteroatoms. The van der Waals surface area contributed by atoms with Crippen LogP contribution in [0.15, 0.2) is 18.2 Å². The first-order valence-corrected chi connectivity index (χ1v) is 5.41. The lowest BCUT2D eigenvalue weighted by Gasteiger charge is -2.15. The third-order valence-electron chi connectivity index (χ3n) is 2.48. The number of alkyl halides is 3. The lowest BCUT2D eigenvalue weighted by molar-refractivity contribution is -0.274. The minimum absolute atomic E-state index is 0.234. The molecule has 2 rings (SSSR count). The number of benzene rings is 1. The van der Waals surface area contributed by atoms with Gasteiger partial charge in [-0.3, -0.25) is 5.10 Å². The molecule has 2 aromatic rings. The van der Waals surface area contributed by atoms with E-state index in [2.05, 4.69) is 14.9 Å². The van der Waals surface area contributed by atoms with Gasteiger partial charge in [0.15, 0.2) is 0 Å². The maximum atomic E-state index is 12.2. The number of fused-ring (bicyclic) bond motifs is 1. The molecule has 18 heavy (non-hydrogen) atoms. The van der Waals surface area contributed by atoms with E-state index in [0.29, 0.717) is 16.6 Å². The van der Waals surface area contributed by atoms with Crippen LogP contribution in [-0.2, 0) is 5.41 Å². The van der Waals surface area contributed by atoms with Crippen LogP contribution in [0.25, 0.3) is 10.9 Å². The van der Waals surface area contributed by atoms with Crippen LogP contribution in [0.4, 0.5) is 13.2 Å². The number of H-pyrrole nitrogens is 1. The summed E-state index contributed by atoms with van der Waals surface area (Å²) in [6.45, 7) is 5.83. The first-order valence-electron chi connectivity index (χ1n) is 5.41. The van der Waals surface area contributed by atoms with Crippen LogP contribution in [0.3, 0.4) is 0 Å². The number of nitrogens with zero attached hydrogens (tertiary/aromatic N) is 1. The summed E-state index contributed by atoms with van der Waals surface area (Å²) >= 11 is 0. The van der Waals surface area contributed by atoms with Gasteiger partial charge in [-0.2, -0.15) is 5.10 Å². The van der Waals surface area contributed by atoms with Crippen LogP contribution >= 0.6 is 0 Å². The van der Waals surface area contributed by atoms with Gasteiger partial charge >= 0.3 is 6.36 Å². The number of rotatable bonds is 1. The van der Waals surface area contributed by atoms with Gasteiger partial charge in [0.2, 0.25) is 0 Å². The predicted octanol–water partition coefficient (Wildman–Crippen LogP) is 3.76. The van der Waals surface area contributed by atoms with Crippen LogP contribution in [0.1, 0.15) is 26.5 Å². The van der Waals surface area contributed by atoms with Crippen molar-refractivity contribution in [2.45, 2.75) is 32.5 Å². The first-order chi connectivity index (χ1) is 8.17. The van der Waals surface area contributed by atoms with Crippen molar-refractivity contribution >= 4 is 10.9 Å². The Kier molecular flexibility index (Phi) is 2.76. The molecule has 3 nitrogen and oxygen atoms in total. The van der Waals surface area contributed by atoms with E-state index >= 15 is 0 Å². The molecule has 0 bridgehead atoms. The summed E-state index contributed by atoms with van der Waals surface area (Å²) < 4.78 is 40.4. The van der Waals surface area contributed by atoms with Crippen LogP contribution in [0.2, 0.25) is 0 Å². The second kappa shape index (κ2) is 3.90. The van der Waals surface area contributed by atoms with E-state index in [1.807, 2.05) is 20.8 Å². The number of ether oxygens (including phenoxy) is 1. The summed E-state index contributed by atoms with van der Waals surface area (Å²) in [6.07, 6.45) is -4.68. The first kappa shape index (κ1) is 12.7. The second-order valence-corrected chi connectivity index (χ2v) is 5.08. The number of nitrogens with one attached hydrogen (secondary N) is 1. The summed E-state index contributed by atoms with van der Waals surface area (Å²) in [4.78, 5) is 0. The fourth-order valence-corrected chi connectivity index (χ4v) is 1.76. The van der Waals surface area contributed by atoms with Crippen molar-refractivity contribution in [3.63, 3.8) is 0 Å². The maximum Gasteiger partial charge on any atom is 0.573 e. The Morgan fingerprint density at radius 1 is 1.17 bits per heavy atom. The minimum atomic E-state index is -4.68. The normalized spacial score (nSPS) is 13.0. The molecule has 0 aliphatic carbocycles. The highest BCUT2D eigenvalue weighted by atomic mass is 19.4. The van der Waals surface area contributed by atoms with Gasteiger partial charge in [-0.25, -0.2) is 0 Å². The van der Waals surface area contributed by atoms with Crippen LogP contribution in [-0.4, -0.2) is 16.6 Å². The minimum Gasteiger partial charge on any atom is -0.406 e. The highest BCUT2D eigenvalue weighted by molar-refractivity contribution is 5.83. The van der Waals surface area contributed by atoms with Crippen LogP contribution in [0, 0.1) is 0 Å². The molecule has 1 aromatic carbocycles. The zero-order chi connectivity index (χ0) is 13.6. The number of halogens is 3. The standard InChI is InChI=1S/C12H13F3N2O/c1-11(2,3)10-8-6-7(18-12(13,14)15)4-5-9(8)16-17-10/h4-6H,1-3H3,(H,16,17). The zero-order valence-corrected chi connectivity index (χ0v) is 10.2. The topological polar surface area (TPSA) is 37.9 Å². The number of hydrogen-bond donors (Lipinski definition) is 1. The summed E-state index contributed by atoms with van der Waals surface area (Å²) in [5.41, 5.74) is 1.15. The monoisotopic (exact) mass is 258 g/mol. The molecule has 0 radical (unpaired) electrons. The highest BCUT2D eigenvalue weighted by Crippen LogP contribution is 2.31. The molecule has 0 saturated carbocycles. The van der Waals surface area contributed by atoms with Gasteiger partial charge in [-0.1, -0.05) is 20.8 Å². The number of aromatic nitrogens is 2. The zero-order valence-electron chi connectivity index (χ0n) is 10.2. The maximum absolute atomic E-state index is 12.2. The summed E-state index contributed by atoms with van der Waals surface area (Å²) in [7, 11) is 0. The predicted molar refractivity (Wildman–Crippen MR) is 61.5 cm³/mol. The molecular formula is C12H13F3N2O. The summed E-state index contributed by atoms with van der Waals surface area (Å²) in [5, 5.41) is 7.58. The van der Waals surface area contributed by atoms with E-state index in [0.717, 1.165) is 0 Å². The fraction of sp³-hybridized carbons (Fsp3) is 0.417. The van der Waals surface area contributed by atoms with Gasteiger partial charge in [0, 0.05) is 10.8 Å². The molecule has 1 heterocycles. The molecule has 0 aliphatic rings. The molecule has 0 aliphatic heterocycles. The SMILES string of the molecule is CC(C)(C)c1n[nH]c2ccc(OC(F)(F)F)cc12. The van der Waals surface area contributed by atoms with Crippen LogP contribution < -0.4 is 4.74 Å². The van der Waals surface area contributed by atoms with E-state index in [4.69, 9.17) is 0 Å². The third-order valence-corrected chi connectivity index (χ3v) is 2.48. The lowest BCUT2D eigenvalue weighted by atomic mass is 9.90. The van der Waals surface area contributed by atoms with E-state index < -0.39 is 6.36 Å². The molecule has 0 unspecified atom stereocenters. The summed E-state index contributed by atoms with van der Waals surface area (Å²) in [5.74, 6) is -0.234. The van der Waals surface area contributed by atoms with Gasteiger partial charge < -0.3 is 4.74 Å². The van der Waals surface area contributed by atoms with Gasteiger partial charge in [-0.05, 0) is 18.2 Å². The smallest absolute Gasteiger partial charge is 0.406 e. The van der Waals surface area contributed by atoms with Crippen molar-refractivity contribution in [3.05, 3.63) is 23.9 Å². The Hall–Kier alpha value is -1.72. The average Bonchev–Trinajstić information content (AvgIpc) is 2.56. The Balaban J connectivity index is 2.49. The Morgan fingerprint density at radius 2 is 1.83 bits per heavy atom. The van der Waals surface area contributed by atoms with Gasteiger partial charge in [0.25, 0.3) is 0 Å². The van der Waals surface area contributed by atoms with Crippen molar-refractivity contribution in [1.29, 1.82) is 0 Å². The van der Waals surface area contributed by atoms with E-state index in [1.54, 1.807) is 0 Å². The molecule has 1 aromatic heterocycles. The van der Waals surface area contributed by atoms with Crippen molar-refractivity contribution in [3.8, 4) is 5.75 Å². The number of hydrogen-bond acceptors (Lipinski definition) is 2. The average molecular weight is 258 g/mol. The third kappa shape index (κ3) is 2.57. The van der Waals surface area contributed by atoms with Crippen molar-refractivity contribution in [1.82, 2.24) is 10.2 Å². The molecule has 0 atom stereocenters. The molecule has 0 spiro atoms. The van der Waals surface area contributed by atoms with Gasteiger partial charge in [0.1, 0.15) is 5.75 Å². The van der Waals surface area contributed by atoms with E-state index in [-0.39, 0.29) is 11.2 Å². The van der Waals surface area contributed by atoms with Crippen molar-refractivity contribution in [2.75, 3.05) is 0 Å². The Bertz CT molecular complexity index is 567. The Morgan fingerprint density at radius 3 is 2.39 bits per heavy atom. The van der Waals surface area contributed by atoms with E-state index in [9.17, 15) is 13.2 Å². The molecule has 0 fully saturated rings. The Labute approximate surface area is 102 Å². The largest absolute Gasteiger partial charge is 0.573 e. The molecule has 0 amide bonds. The van der Waals surface area contributed by atoms with Gasteiger partial charge in [-0.15, -0.1) is 13.2 Å². The number of aromatic amines is 1.